The van der Waals surface area contributed by atoms with Crippen LogP contribution in [0.1, 0.15) is 36.8 Å². The molecule has 2 aliphatic rings. The molecule has 3 atom stereocenters. The predicted octanol–water partition coefficient (Wildman–Crippen LogP) is 1.74. The number of nitrogens with zero attached hydrogens (tertiary/aromatic N) is 1. The molecule has 218 valence electrons. The molecule has 0 radical (unpaired) electrons. The molecule has 2 aliphatic heterocycles. The second-order valence-electron chi connectivity index (χ2n) is 10.1. The second kappa shape index (κ2) is 14.3. The molecule has 0 bridgehead atoms. The van der Waals surface area contributed by atoms with Crippen LogP contribution in [0.25, 0.3) is 0 Å². The fourth-order valence-corrected chi connectivity index (χ4v) is 5.18. The fraction of sp³-hybridized carbons (Fsp3) is 0.433. The van der Waals surface area contributed by atoms with E-state index in [1.165, 1.54) is 4.90 Å². The Morgan fingerprint density at radius 3 is 2.54 bits per heavy atom. The number of Topliss-reactive ketones (excluding diaryl/α,β-unsaturated/α-hetero) is 1. The average Bonchev–Trinajstić information content (AvgIpc) is 3.65. The van der Waals surface area contributed by atoms with Crippen LogP contribution in [0.4, 0.5) is 4.79 Å². The summed E-state index contributed by atoms with van der Waals surface area (Å²) in [7, 11) is 1.56. The highest BCUT2D eigenvalue weighted by Gasteiger charge is 2.39. The summed E-state index contributed by atoms with van der Waals surface area (Å²) < 4.78 is 10.7. The SMILES string of the molecule is COc1ccccc1CCNC(=O)C(=O)[C@H](C[C@@H]1CCNC1=O)NC(=O)[C@@H]1CCCN1C(=O)OCc1ccccc1. The van der Waals surface area contributed by atoms with Gasteiger partial charge in [-0.1, -0.05) is 48.5 Å². The number of carbonyl (C=O) groups excluding carboxylic acids is 5. The molecule has 0 aliphatic carbocycles. The number of benzene rings is 2. The highest BCUT2D eigenvalue weighted by Crippen LogP contribution is 2.22. The Morgan fingerprint density at radius 1 is 1.05 bits per heavy atom. The Labute approximate surface area is 238 Å². The van der Waals surface area contributed by atoms with Crippen LogP contribution in [0.15, 0.2) is 54.6 Å². The third-order valence-electron chi connectivity index (χ3n) is 7.41. The van der Waals surface area contributed by atoms with Crippen molar-refractivity contribution >= 4 is 29.6 Å². The maximum atomic E-state index is 13.3. The maximum Gasteiger partial charge on any atom is 0.410 e. The first-order chi connectivity index (χ1) is 19.9. The second-order valence-corrected chi connectivity index (χ2v) is 10.1. The van der Waals surface area contributed by atoms with Crippen molar-refractivity contribution in [1.29, 1.82) is 0 Å². The Morgan fingerprint density at radius 2 is 1.80 bits per heavy atom. The Bertz CT molecular complexity index is 1250. The molecule has 3 N–H and O–H groups in total. The van der Waals surface area contributed by atoms with E-state index in [1.54, 1.807) is 7.11 Å². The number of rotatable bonds is 12. The lowest BCUT2D eigenvalue weighted by atomic mass is 9.95. The highest BCUT2D eigenvalue weighted by molar-refractivity contribution is 6.38. The van der Waals surface area contributed by atoms with Gasteiger partial charge in [0.25, 0.3) is 5.91 Å². The minimum absolute atomic E-state index is 0.0124. The maximum absolute atomic E-state index is 13.3. The van der Waals surface area contributed by atoms with Crippen molar-refractivity contribution in [2.24, 2.45) is 5.92 Å². The van der Waals surface area contributed by atoms with Crippen LogP contribution < -0.4 is 20.7 Å². The first kappa shape index (κ1) is 29.6. The van der Waals surface area contributed by atoms with Crippen molar-refractivity contribution in [2.45, 2.75) is 50.8 Å². The van der Waals surface area contributed by atoms with Crippen LogP contribution in [0.3, 0.4) is 0 Å². The third-order valence-corrected chi connectivity index (χ3v) is 7.41. The van der Waals surface area contributed by atoms with Gasteiger partial charge in [-0.05, 0) is 49.3 Å². The molecule has 41 heavy (non-hydrogen) atoms. The van der Waals surface area contributed by atoms with Gasteiger partial charge in [0.1, 0.15) is 18.4 Å². The van der Waals surface area contributed by atoms with Gasteiger partial charge in [-0.25, -0.2) is 4.79 Å². The molecule has 4 amide bonds. The van der Waals surface area contributed by atoms with Gasteiger partial charge in [0.15, 0.2) is 0 Å². The van der Waals surface area contributed by atoms with E-state index in [1.807, 2.05) is 54.6 Å². The third kappa shape index (κ3) is 7.84. The van der Waals surface area contributed by atoms with E-state index in [0.29, 0.717) is 44.5 Å². The minimum atomic E-state index is -1.22. The molecule has 2 heterocycles. The van der Waals surface area contributed by atoms with E-state index in [4.69, 9.17) is 9.47 Å². The predicted molar refractivity (Wildman–Crippen MR) is 149 cm³/mol. The number of carbonyl (C=O) groups is 5. The average molecular weight is 565 g/mol. The summed E-state index contributed by atoms with van der Waals surface area (Å²) in [5.41, 5.74) is 1.69. The van der Waals surface area contributed by atoms with E-state index in [0.717, 1.165) is 11.1 Å². The van der Waals surface area contributed by atoms with E-state index in [9.17, 15) is 24.0 Å². The number of ketones is 1. The van der Waals surface area contributed by atoms with E-state index in [-0.39, 0.29) is 25.5 Å². The number of methoxy groups -OCH3 is 1. The molecule has 0 aromatic heterocycles. The Hall–Kier alpha value is -4.41. The molecule has 0 saturated carbocycles. The first-order valence-electron chi connectivity index (χ1n) is 13.9. The van der Waals surface area contributed by atoms with E-state index >= 15 is 0 Å². The van der Waals surface area contributed by atoms with Gasteiger partial charge in [-0.2, -0.15) is 0 Å². The molecule has 11 nitrogen and oxygen atoms in total. The minimum Gasteiger partial charge on any atom is -0.496 e. The van der Waals surface area contributed by atoms with Crippen molar-refractivity contribution < 1.29 is 33.4 Å². The van der Waals surface area contributed by atoms with Gasteiger partial charge >= 0.3 is 6.09 Å². The largest absolute Gasteiger partial charge is 0.496 e. The summed E-state index contributed by atoms with van der Waals surface area (Å²) in [5.74, 6) is -2.31. The lowest BCUT2D eigenvalue weighted by molar-refractivity contribution is -0.141. The molecule has 2 fully saturated rings. The first-order valence-corrected chi connectivity index (χ1v) is 13.9. The van der Waals surface area contributed by atoms with E-state index in [2.05, 4.69) is 16.0 Å². The number of nitrogens with one attached hydrogen (secondary N) is 3. The van der Waals surface area contributed by atoms with Crippen molar-refractivity contribution in [1.82, 2.24) is 20.9 Å². The number of hydrogen-bond acceptors (Lipinski definition) is 7. The van der Waals surface area contributed by atoms with Crippen molar-refractivity contribution in [2.75, 3.05) is 26.7 Å². The van der Waals surface area contributed by atoms with Crippen LogP contribution in [0, 0.1) is 5.92 Å². The Kier molecular flexibility index (Phi) is 10.3. The summed E-state index contributed by atoms with van der Waals surface area (Å²) in [6.45, 7) is 1.04. The summed E-state index contributed by atoms with van der Waals surface area (Å²) in [6, 6.07) is 14.5. The molecule has 0 spiro atoms. The highest BCUT2D eigenvalue weighted by atomic mass is 16.6. The van der Waals surface area contributed by atoms with Crippen LogP contribution in [0.2, 0.25) is 0 Å². The zero-order valence-corrected chi connectivity index (χ0v) is 23.1. The molecular weight excluding hydrogens is 528 g/mol. The van der Waals surface area contributed by atoms with Gasteiger partial charge < -0.3 is 25.4 Å². The van der Waals surface area contributed by atoms with Crippen molar-refractivity contribution in [3.8, 4) is 5.75 Å². The number of hydrogen-bond donors (Lipinski definition) is 3. The van der Waals surface area contributed by atoms with E-state index < -0.39 is 41.7 Å². The molecule has 2 saturated heterocycles. The zero-order valence-electron chi connectivity index (χ0n) is 23.1. The van der Waals surface area contributed by atoms with Crippen LogP contribution in [-0.2, 0) is 36.9 Å². The monoisotopic (exact) mass is 564 g/mol. The molecular formula is C30H36N4O7. The molecule has 11 heteroatoms. The van der Waals surface area contributed by atoms with Crippen molar-refractivity contribution in [3.63, 3.8) is 0 Å². The number of likely N-dealkylation sites (tertiary alicyclic amines) is 1. The number of ether oxygens (including phenoxy) is 2. The molecule has 2 aromatic carbocycles. The summed E-state index contributed by atoms with van der Waals surface area (Å²) in [6.07, 6.45) is 1.27. The van der Waals surface area contributed by atoms with Crippen molar-refractivity contribution in [3.05, 3.63) is 65.7 Å². The topological polar surface area (TPSA) is 143 Å². The standard InChI is InChI=1S/C30H36N4O7/c1-40-25-12-6-5-10-21(25)13-15-32-29(38)26(35)23(18-22-14-16-31-27(22)36)33-28(37)24-11-7-17-34(24)30(39)41-19-20-8-3-2-4-9-20/h2-6,8-10,12,22-24H,7,11,13-19H2,1H3,(H,31,36)(H,32,38)(H,33,37)/t22-,23-,24-/m0/s1. The smallest absolute Gasteiger partial charge is 0.410 e. The molecule has 2 aromatic rings. The normalized spacial score (nSPS) is 18.8. The summed E-state index contributed by atoms with van der Waals surface area (Å²) in [5, 5.41) is 8.01. The van der Waals surface area contributed by atoms with Gasteiger partial charge in [0.2, 0.25) is 17.6 Å². The van der Waals surface area contributed by atoms with Crippen LogP contribution in [-0.4, -0.2) is 73.3 Å². The number of amides is 4. The zero-order chi connectivity index (χ0) is 29.2. The lowest BCUT2D eigenvalue weighted by Gasteiger charge is -2.26. The lowest BCUT2D eigenvalue weighted by Crippen LogP contribution is -2.54. The summed E-state index contributed by atoms with van der Waals surface area (Å²) >= 11 is 0. The van der Waals surface area contributed by atoms with Crippen LogP contribution in [0.5, 0.6) is 5.75 Å². The van der Waals surface area contributed by atoms with Gasteiger partial charge in [0, 0.05) is 25.6 Å². The van der Waals surface area contributed by atoms with Crippen LogP contribution >= 0.6 is 0 Å². The van der Waals surface area contributed by atoms with Gasteiger partial charge in [-0.3, -0.25) is 24.1 Å². The van der Waals surface area contributed by atoms with Gasteiger partial charge in [-0.15, -0.1) is 0 Å². The fourth-order valence-electron chi connectivity index (χ4n) is 5.18. The molecule has 4 rings (SSSR count). The van der Waals surface area contributed by atoms with Gasteiger partial charge in [0.05, 0.1) is 13.2 Å². The molecule has 0 unspecified atom stereocenters. The quantitative estimate of drug-likeness (QED) is 0.333. The number of para-hydroxylation sites is 1. The summed E-state index contributed by atoms with van der Waals surface area (Å²) in [4.78, 5) is 65.8. The Balaban J connectivity index is 1.38.